The van der Waals surface area contributed by atoms with Crippen LogP contribution in [0.4, 0.5) is 0 Å². The molecule has 0 heterocycles. The van der Waals surface area contributed by atoms with E-state index < -0.39 is 5.60 Å². The Kier molecular flexibility index (Phi) is 3.35. The normalized spacial score (nSPS) is 15.5. The zero-order valence-electron chi connectivity index (χ0n) is 7.22. The largest absolute Gasteiger partial charge is 0.384 e. The molecule has 0 amide bonds. The molecule has 4 heteroatoms. The van der Waals surface area contributed by atoms with Crippen molar-refractivity contribution in [3.05, 3.63) is 33.3 Å². The van der Waals surface area contributed by atoms with Crippen LogP contribution >= 0.6 is 27.5 Å². The van der Waals surface area contributed by atoms with E-state index in [1.54, 1.807) is 19.1 Å². The molecule has 0 aliphatic carbocycles. The molecule has 0 bridgehead atoms. The number of nitrogens with two attached hydrogens (primary N) is 1. The van der Waals surface area contributed by atoms with Crippen LogP contribution in [0.3, 0.4) is 0 Å². The van der Waals surface area contributed by atoms with E-state index in [9.17, 15) is 5.11 Å². The molecule has 0 aromatic heterocycles. The van der Waals surface area contributed by atoms with Crippen LogP contribution in [0.25, 0.3) is 0 Å². The third-order valence-corrected chi connectivity index (χ3v) is 2.73. The van der Waals surface area contributed by atoms with Crippen molar-refractivity contribution >= 4 is 27.5 Å². The first-order valence-electron chi connectivity index (χ1n) is 3.85. The van der Waals surface area contributed by atoms with Crippen molar-refractivity contribution in [1.29, 1.82) is 0 Å². The second-order valence-corrected chi connectivity index (χ2v) is 4.43. The Balaban J connectivity index is 3.20. The maximum absolute atomic E-state index is 9.87. The topological polar surface area (TPSA) is 46.2 Å². The highest BCUT2D eigenvalue weighted by Crippen LogP contribution is 2.29. The van der Waals surface area contributed by atoms with Crippen molar-refractivity contribution in [2.75, 3.05) is 6.54 Å². The Bertz CT molecular complexity index is 314. The second kappa shape index (κ2) is 3.96. The van der Waals surface area contributed by atoms with Gasteiger partial charge in [0.05, 0.1) is 0 Å². The second-order valence-electron chi connectivity index (χ2n) is 3.10. The molecular weight excluding hydrogens is 253 g/mol. The zero-order valence-corrected chi connectivity index (χ0v) is 9.56. The molecule has 1 rings (SSSR count). The number of rotatable bonds is 2. The first-order chi connectivity index (χ1) is 5.97. The molecule has 0 aliphatic heterocycles. The molecule has 0 saturated carbocycles. The molecule has 3 N–H and O–H groups in total. The van der Waals surface area contributed by atoms with Crippen molar-refractivity contribution in [3.63, 3.8) is 0 Å². The summed E-state index contributed by atoms with van der Waals surface area (Å²) in [6, 6.07) is 5.32. The van der Waals surface area contributed by atoms with Crippen LogP contribution in [0.15, 0.2) is 22.7 Å². The van der Waals surface area contributed by atoms with Crippen molar-refractivity contribution in [2.45, 2.75) is 12.5 Å². The van der Waals surface area contributed by atoms with Crippen molar-refractivity contribution in [3.8, 4) is 0 Å². The molecule has 0 spiro atoms. The number of benzene rings is 1. The summed E-state index contributed by atoms with van der Waals surface area (Å²) in [5, 5.41) is 10.4. The maximum Gasteiger partial charge on any atom is 0.100 e. The number of halogens is 2. The summed E-state index contributed by atoms with van der Waals surface area (Å²) >= 11 is 9.23. The summed E-state index contributed by atoms with van der Waals surface area (Å²) in [5.41, 5.74) is 5.01. The fourth-order valence-corrected chi connectivity index (χ4v) is 1.70. The highest BCUT2D eigenvalue weighted by Gasteiger charge is 2.23. The Morgan fingerprint density at radius 2 is 2.23 bits per heavy atom. The summed E-state index contributed by atoms with van der Waals surface area (Å²) in [5.74, 6) is 0. The van der Waals surface area contributed by atoms with Gasteiger partial charge in [-0.1, -0.05) is 27.5 Å². The molecular formula is C9H11BrClNO. The fraction of sp³-hybridized carbons (Fsp3) is 0.333. The first kappa shape index (κ1) is 11.0. The van der Waals surface area contributed by atoms with E-state index in [0.29, 0.717) is 10.6 Å². The van der Waals surface area contributed by atoms with Gasteiger partial charge in [0, 0.05) is 21.6 Å². The average molecular weight is 265 g/mol. The number of hydrogen-bond acceptors (Lipinski definition) is 2. The number of hydrogen-bond donors (Lipinski definition) is 2. The minimum Gasteiger partial charge on any atom is -0.384 e. The van der Waals surface area contributed by atoms with Crippen molar-refractivity contribution < 1.29 is 5.11 Å². The lowest BCUT2D eigenvalue weighted by molar-refractivity contribution is 0.0669. The molecule has 72 valence electrons. The predicted octanol–water partition coefficient (Wildman–Crippen LogP) is 2.27. The lowest BCUT2D eigenvalue weighted by Crippen LogP contribution is -2.31. The van der Waals surface area contributed by atoms with Gasteiger partial charge in [0.25, 0.3) is 0 Å². The third-order valence-electron chi connectivity index (χ3n) is 1.91. The molecule has 0 aliphatic rings. The molecule has 13 heavy (non-hydrogen) atoms. The number of aliphatic hydroxyl groups is 1. The molecule has 2 nitrogen and oxygen atoms in total. The summed E-state index contributed by atoms with van der Waals surface area (Å²) in [6.45, 7) is 1.78. The van der Waals surface area contributed by atoms with Gasteiger partial charge in [0.15, 0.2) is 0 Å². The monoisotopic (exact) mass is 263 g/mol. The van der Waals surface area contributed by atoms with Crippen LogP contribution in [0.2, 0.25) is 5.02 Å². The van der Waals surface area contributed by atoms with Crippen LogP contribution in [0.1, 0.15) is 12.5 Å². The van der Waals surface area contributed by atoms with E-state index in [1.807, 2.05) is 6.07 Å². The van der Waals surface area contributed by atoms with Gasteiger partial charge in [-0.15, -0.1) is 0 Å². The van der Waals surface area contributed by atoms with Gasteiger partial charge in [-0.3, -0.25) is 0 Å². The van der Waals surface area contributed by atoms with E-state index in [1.165, 1.54) is 0 Å². The van der Waals surface area contributed by atoms with E-state index in [4.69, 9.17) is 17.3 Å². The predicted molar refractivity (Wildman–Crippen MR) is 57.8 cm³/mol. The van der Waals surface area contributed by atoms with Gasteiger partial charge in [-0.2, -0.15) is 0 Å². The van der Waals surface area contributed by atoms with Gasteiger partial charge < -0.3 is 10.8 Å². The van der Waals surface area contributed by atoms with Crippen LogP contribution in [0, 0.1) is 0 Å². The van der Waals surface area contributed by atoms with Crippen LogP contribution < -0.4 is 5.73 Å². The lowest BCUT2D eigenvalue weighted by Gasteiger charge is -2.22. The Hall–Kier alpha value is -0.0900. The minimum absolute atomic E-state index is 0.142. The standard InChI is InChI=1S/C9H11BrClNO/c1-9(13,5-12)7-4-6(10)2-3-8(7)11/h2-4,13H,5,12H2,1H3. The average Bonchev–Trinajstić information content (AvgIpc) is 2.09. The minimum atomic E-state index is -1.07. The fourth-order valence-electron chi connectivity index (χ4n) is 1.02. The van der Waals surface area contributed by atoms with E-state index in [-0.39, 0.29) is 6.54 Å². The highest BCUT2D eigenvalue weighted by molar-refractivity contribution is 9.10. The molecule has 1 atom stereocenters. The summed E-state index contributed by atoms with van der Waals surface area (Å²) in [4.78, 5) is 0. The van der Waals surface area contributed by atoms with Gasteiger partial charge in [-0.05, 0) is 25.1 Å². The van der Waals surface area contributed by atoms with Crippen molar-refractivity contribution in [1.82, 2.24) is 0 Å². The molecule has 0 radical (unpaired) electrons. The quantitative estimate of drug-likeness (QED) is 0.861. The molecule has 1 unspecified atom stereocenters. The van der Waals surface area contributed by atoms with E-state index in [0.717, 1.165) is 4.47 Å². The summed E-state index contributed by atoms with van der Waals surface area (Å²) in [7, 11) is 0. The van der Waals surface area contributed by atoms with E-state index >= 15 is 0 Å². The molecule has 1 aromatic rings. The third kappa shape index (κ3) is 2.44. The summed E-state index contributed by atoms with van der Waals surface area (Å²) < 4.78 is 0.876. The molecule has 1 aromatic carbocycles. The maximum atomic E-state index is 9.87. The molecule has 0 fully saturated rings. The Morgan fingerprint density at radius 3 is 2.77 bits per heavy atom. The van der Waals surface area contributed by atoms with Gasteiger partial charge in [-0.25, -0.2) is 0 Å². The Labute approximate surface area is 90.8 Å². The molecule has 0 saturated heterocycles. The first-order valence-corrected chi connectivity index (χ1v) is 5.02. The van der Waals surface area contributed by atoms with Gasteiger partial charge >= 0.3 is 0 Å². The van der Waals surface area contributed by atoms with Crippen LogP contribution in [-0.4, -0.2) is 11.7 Å². The Morgan fingerprint density at radius 1 is 1.62 bits per heavy atom. The van der Waals surface area contributed by atoms with Gasteiger partial charge in [0.2, 0.25) is 0 Å². The lowest BCUT2D eigenvalue weighted by atomic mass is 9.96. The smallest absolute Gasteiger partial charge is 0.100 e. The highest BCUT2D eigenvalue weighted by atomic mass is 79.9. The SMILES string of the molecule is CC(O)(CN)c1cc(Br)ccc1Cl. The van der Waals surface area contributed by atoms with Crippen LogP contribution in [0.5, 0.6) is 0 Å². The summed E-state index contributed by atoms with van der Waals surface area (Å²) in [6.07, 6.45) is 0. The van der Waals surface area contributed by atoms with Crippen LogP contribution in [-0.2, 0) is 5.60 Å². The van der Waals surface area contributed by atoms with Crippen molar-refractivity contribution in [2.24, 2.45) is 5.73 Å². The van der Waals surface area contributed by atoms with E-state index in [2.05, 4.69) is 15.9 Å². The zero-order chi connectivity index (χ0) is 10.1. The van der Waals surface area contributed by atoms with Gasteiger partial charge in [0.1, 0.15) is 5.60 Å².